The predicted molar refractivity (Wildman–Crippen MR) is 94.3 cm³/mol. The van der Waals surface area contributed by atoms with Crippen molar-refractivity contribution in [3.05, 3.63) is 65.4 Å². The van der Waals surface area contributed by atoms with Crippen molar-refractivity contribution in [2.75, 3.05) is 12.4 Å². The minimum absolute atomic E-state index is 0.153. The van der Waals surface area contributed by atoms with E-state index >= 15 is 0 Å². The number of nitrogens with zero attached hydrogens (tertiary/aromatic N) is 1. The van der Waals surface area contributed by atoms with E-state index in [0.29, 0.717) is 17.0 Å². The lowest BCUT2D eigenvalue weighted by molar-refractivity contribution is -0.129. The van der Waals surface area contributed by atoms with Gasteiger partial charge < -0.3 is 14.8 Å². The summed E-state index contributed by atoms with van der Waals surface area (Å²) in [7, 11) is 1.57. The van der Waals surface area contributed by atoms with E-state index in [1.807, 2.05) is 18.2 Å². The van der Waals surface area contributed by atoms with Gasteiger partial charge in [0.1, 0.15) is 5.75 Å². The summed E-state index contributed by atoms with van der Waals surface area (Å²) in [5.74, 6) is 0.192. The molecule has 25 heavy (non-hydrogen) atoms. The highest BCUT2D eigenvalue weighted by Crippen LogP contribution is 2.24. The second-order valence-electron chi connectivity index (χ2n) is 5.34. The first kappa shape index (κ1) is 16.4. The van der Waals surface area contributed by atoms with E-state index in [0.717, 1.165) is 5.56 Å². The monoisotopic (exact) mass is 336 g/mol. The molecule has 0 saturated carbocycles. The fourth-order valence-electron chi connectivity index (χ4n) is 2.36. The van der Waals surface area contributed by atoms with Gasteiger partial charge in [-0.05, 0) is 36.4 Å². The standard InChI is InChI=1S/C19H16N2O4/c1-12(22)20-15-9-7-13(8-10-15)18-21-16(19(23)25-18)11-14-5-3-4-6-17(14)24-2/h3-11H,1-2H3,(H,20,22)/b16-11+. The van der Waals surface area contributed by atoms with Crippen LogP contribution in [0.25, 0.3) is 6.08 Å². The van der Waals surface area contributed by atoms with Crippen LogP contribution in [-0.4, -0.2) is 24.9 Å². The van der Waals surface area contributed by atoms with Crippen molar-refractivity contribution in [1.29, 1.82) is 0 Å². The van der Waals surface area contributed by atoms with E-state index in [-0.39, 0.29) is 17.5 Å². The maximum atomic E-state index is 12.1. The Balaban J connectivity index is 1.87. The highest BCUT2D eigenvalue weighted by molar-refractivity contribution is 6.13. The second kappa shape index (κ2) is 7.00. The second-order valence-corrected chi connectivity index (χ2v) is 5.34. The lowest BCUT2D eigenvalue weighted by Crippen LogP contribution is -2.07. The van der Waals surface area contributed by atoms with E-state index in [2.05, 4.69) is 10.3 Å². The number of benzene rings is 2. The molecule has 0 saturated heterocycles. The van der Waals surface area contributed by atoms with E-state index < -0.39 is 5.97 Å². The van der Waals surface area contributed by atoms with E-state index in [9.17, 15) is 9.59 Å². The molecule has 0 atom stereocenters. The van der Waals surface area contributed by atoms with Crippen molar-refractivity contribution in [2.45, 2.75) is 6.92 Å². The van der Waals surface area contributed by atoms with Crippen LogP contribution in [0.2, 0.25) is 0 Å². The highest BCUT2D eigenvalue weighted by Gasteiger charge is 2.24. The van der Waals surface area contributed by atoms with Crippen LogP contribution in [0.15, 0.2) is 59.2 Å². The molecule has 2 aromatic rings. The molecular weight excluding hydrogens is 320 g/mol. The third kappa shape index (κ3) is 3.74. The summed E-state index contributed by atoms with van der Waals surface area (Å²) in [6.07, 6.45) is 1.62. The number of hydrogen-bond acceptors (Lipinski definition) is 5. The summed E-state index contributed by atoms with van der Waals surface area (Å²) in [5, 5.41) is 2.67. The summed E-state index contributed by atoms with van der Waals surface area (Å²) in [4.78, 5) is 27.4. The molecule has 6 nitrogen and oxygen atoms in total. The quantitative estimate of drug-likeness (QED) is 0.688. The molecule has 3 rings (SSSR count). The van der Waals surface area contributed by atoms with Gasteiger partial charge in [0.05, 0.1) is 7.11 Å². The van der Waals surface area contributed by atoms with Gasteiger partial charge in [-0.15, -0.1) is 0 Å². The number of ether oxygens (including phenoxy) is 2. The van der Waals surface area contributed by atoms with Crippen LogP contribution in [-0.2, 0) is 14.3 Å². The topological polar surface area (TPSA) is 77.0 Å². The number of cyclic esters (lactones) is 1. The van der Waals surface area contributed by atoms with Gasteiger partial charge >= 0.3 is 5.97 Å². The van der Waals surface area contributed by atoms with Crippen LogP contribution in [0.1, 0.15) is 18.1 Å². The van der Waals surface area contributed by atoms with Crippen molar-refractivity contribution in [1.82, 2.24) is 0 Å². The first-order valence-corrected chi connectivity index (χ1v) is 7.60. The number of nitrogens with one attached hydrogen (secondary N) is 1. The summed E-state index contributed by atoms with van der Waals surface area (Å²) < 4.78 is 10.5. The van der Waals surface area contributed by atoms with Gasteiger partial charge in [0.25, 0.3) is 0 Å². The SMILES string of the molecule is COc1ccccc1/C=C1/N=C(c2ccc(NC(C)=O)cc2)OC1=O. The molecule has 1 heterocycles. The van der Waals surface area contributed by atoms with Crippen molar-refractivity contribution < 1.29 is 19.1 Å². The minimum Gasteiger partial charge on any atom is -0.496 e. The van der Waals surface area contributed by atoms with Crippen LogP contribution in [0, 0.1) is 0 Å². The molecular formula is C19H16N2O4. The summed E-state index contributed by atoms with van der Waals surface area (Å²) >= 11 is 0. The smallest absolute Gasteiger partial charge is 0.363 e. The van der Waals surface area contributed by atoms with E-state index in [1.165, 1.54) is 6.92 Å². The first-order chi connectivity index (χ1) is 12.1. The Morgan fingerprint density at radius 2 is 1.88 bits per heavy atom. The van der Waals surface area contributed by atoms with E-state index in [1.54, 1.807) is 43.5 Å². The normalized spacial score (nSPS) is 14.9. The molecule has 1 N–H and O–H groups in total. The molecule has 126 valence electrons. The Bertz CT molecular complexity index is 883. The number of aliphatic imine (C=N–C) groups is 1. The number of rotatable bonds is 4. The van der Waals surface area contributed by atoms with Gasteiger partial charge in [-0.3, -0.25) is 4.79 Å². The number of carbonyl (C=O) groups excluding carboxylic acids is 2. The molecule has 0 radical (unpaired) electrons. The summed E-state index contributed by atoms with van der Waals surface area (Å²) in [6, 6.07) is 14.2. The Morgan fingerprint density at radius 3 is 2.56 bits per heavy atom. The number of methoxy groups -OCH3 is 1. The lowest BCUT2D eigenvalue weighted by Gasteiger charge is -2.03. The zero-order valence-corrected chi connectivity index (χ0v) is 13.8. The van der Waals surface area contributed by atoms with Crippen molar-refractivity contribution >= 4 is 29.5 Å². The zero-order valence-electron chi connectivity index (χ0n) is 13.8. The predicted octanol–water partition coefficient (Wildman–Crippen LogP) is 3.00. The maximum absolute atomic E-state index is 12.1. The van der Waals surface area contributed by atoms with Gasteiger partial charge in [-0.2, -0.15) is 0 Å². The number of para-hydroxylation sites is 1. The van der Waals surface area contributed by atoms with Gasteiger partial charge in [0, 0.05) is 23.7 Å². The zero-order chi connectivity index (χ0) is 17.8. The van der Waals surface area contributed by atoms with Crippen LogP contribution < -0.4 is 10.1 Å². The number of esters is 1. The van der Waals surface area contributed by atoms with Crippen LogP contribution in [0.4, 0.5) is 5.69 Å². The fourth-order valence-corrected chi connectivity index (χ4v) is 2.36. The van der Waals surface area contributed by atoms with Gasteiger partial charge in [0.15, 0.2) is 5.70 Å². The third-order valence-electron chi connectivity index (χ3n) is 3.50. The lowest BCUT2D eigenvalue weighted by atomic mass is 10.1. The summed E-state index contributed by atoms with van der Waals surface area (Å²) in [5.41, 5.74) is 2.24. The summed E-state index contributed by atoms with van der Waals surface area (Å²) in [6.45, 7) is 1.44. The molecule has 0 unspecified atom stereocenters. The number of anilines is 1. The van der Waals surface area contributed by atoms with Crippen molar-refractivity contribution in [3.8, 4) is 5.75 Å². The minimum atomic E-state index is -0.521. The Morgan fingerprint density at radius 1 is 1.16 bits per heavy atom. The first-order valence-electron chi connectivity index (χ1n) is 7.60. The molecule has 2 aromatic carbocycles. The Kier molecular flexibility index (Phi) is 4.61. The molecule has 0 spiro atoms. The fraction of sp³-hybridized carbons (Fsp3) is 0.105. The van der Waals surface area contributed by atoms with Crippen LogP contribution >= 0.6 is 0 Å². The average Bonchev–Trinajstić information content (AvgIpc) is 2.96. The average molecular weight is 336 g/mol. The number of carbonyl (C=O) groups is 2. The maximum Gasteiger partial charge on any atom is 0.363 e. The largest absolute Gasteiger partial charge is 0.496 e. The molecule has 6 heteroatoms. The highest BCUT2D eigenvalue weighted by atomic mass is 16.6. The Labute approximate surface area is 144 Å². The van der Waals surface area contributed by atoms with Crippen molar-refractivity contribution in [3.63, 3.8) is 0 Å². The van der Waals surface area contributed by atoms with Crippen LogP contribution in [0.3, 0.4) is 0 Å². The number of hydrogen-bond donors (Lipinski definition) is 1. The molecule has 0 aliphatic carbocycles. The Hall–Kier alpha value is -3.41. The van der Waals surface area contributed by atoms with E-state index in [4.69, 9.17) is 9.47 Å². The van der Waals surface area contributed by atoms with Gasteiger partial charge in [-0.25, -0.2) is 9.79 Å². The molecule has 1 aliphatic rings. The van der Waals surface area contributed by atoms with Crippen LogP contribution in [0.5, 0.6) is 5.75 Å². The van der Waals surface area contributed by atoms with Gasteiger partial charge in [-0.1, -0.05) is 18.2 Å². The molecule has 0 aromatic heterocycles. The number of amides is 1. The molecule has 1 aliphatic heterocycles. The molecule has 0 bridgehead atoms. The van der Waals surface area contributed by atoms with Gasteiger partial charge in [0.2, 0.25) is 11.8 Å². The third-order valence-corrected chi connectivity index (χ3v) is 3.50. The molecule has 1 amide bonds. The van der Waals surface area contributed by atoms with Crippen molar-refractivity contribution in [2.24, 2.45) is 4.99 Å². The molecule has 0 fully saturated rings.